The number of hydrogen-bond donors (Lipinski definition) is 0. The Bertz CT molecular complexity index is 613. The first kappa shape index (κ1) is 22.2. The molecule has 0 unspecified atom stereocenters. The van der Waals surface area contributed by atoms with Crippen LogP contribution in [0.5, 0.6) is 0 Å². The molecule has 0 atom stereocenters. The third-order valence-corrected chi connectivity index (χ3v) is 3.19. The van der Waals surface area contributed by atoms with E-state index in [0.717, 1.165) is 0 Å². The van der Waals surface area contributed by atoms with Crippen molar-refractivity contribution in [2.24, 2.45) is 10.8 Å². The molecule has 0 bridgehead atoms. The fourth-order valence-corrected chi connectivity index (χ4v) is 1.15. The van der Waals surface area contributed by atoms with E-state index in [4.69, 9.17) is 9.47 Å². The molecule has 0 spiro atoms. The van der Waals surface area contributed by atoms with Gasteiger partial charge >= 0.3 is 0 Å². The summed E-state index contributed by atoms with van der Waals surface area (Å²) in [6.45, 7) is 15.5. The highest BCUT2D eigenvalue weighted by atomic mass is 16.5. The summed E-state index contributed by atoms with van der Waals surface area (Å²) in [4.78, 5) is 0. The molecule has 0 aliphatic rings. The Kier molecular flexibility index (Phi) is 7.68. The molecule has 0 aliphatic carbocycles. The van der Waals surface area contributed by atoms with Crippen molar-refractivity contribution in [3.05, 3.63) is 0 Å². The van der Waals surface area contributed by atoms with Crippen molar-refractivity contribution in [2.45, 2.75) is 66.6 Å². The van der Waals surface area contributed by atoms with Crippen LogP contribution in [0.25, 0.3) is 0 Å². The van der Waals surface area contributed by atoms with E-state index < -0.39 is 22.0 Å². The minimum atomic E-state index is -0.476. The van der Waals surface area contributed by atoms with Crippen LogP contribution in [0.15, 0.2) is 0 Å². The molecule has 0 N–H and O–H groups in total. The van der Waals surface area contributed by atoms with Gasteiger partial charge < -0.3 is 9.47 Å². The van der Waals surface area contributed by atoms with Crippen molar-refractivity contribution in [3.63, 3.8) is 0 Å². The summed E-state index contributed by atoms with van der Waals surface area (Å²) in [5.74, 6) is 24.4. The van der Waals surface area contributed by atoms with Gasteiger partial charge in [-0.3, -0.25) is 0 Å². The molecule has 0 aromatic carbocycles. The maximum atomic E-state index is 5.29. The minimum absolute atomic E-state index is 0.446. The molecule has 2 heteroatoms. The van der Waals surface area contributed by atoms with E-state index in [2.05, 4.69) is 47.4 Å². The second-order valence-electron chi connectivity index (χ2n) is 7.68. The van der Waals surface area contributed by atoms with Crippen LogP contribution in [-0.2, 0) is 9.47 Å². The Morgan fingerprint density at radius 2 is 0.750 bits per heavy atom. The molecule has 0 saturated heterocycles. The second kappa shape index (κ2) is 8.32. The molecule has 0 radical (unpaired) electrons. The standard InChI is InChI=1S/C22H30O2/c1-19(2,15-17-21(5,6)23-9)13-11-12-14-20(3,4)16-18-22(7,8)24-10/h1-10H3. The molecule has 2 nitrogen and oxygen atoms in total. The van der Waals surface area contributed by atoms with Crippen molar-refractivity contribution >= 4 is 0 Å². The second-order valence-corrected chi connectivity index (χ2v) is 7.68. The fraction of sp³-hybridized carbons (Fsp3) is 0.636. The first-order valence-corrected chi connectivity index (χ1v) is 7.97. The van der Waals surface area contributed by atoms with Crippen molar-refractivity contribution in [1.82, 2.24) is 0 Å². The average molecular weight is 326 g/mol. The van der Waals surface area contributed by atoms with Gasteiger partial charge in [-0.05, 0) is 67.2 Å². The predicted octanol–water partition coefficient (Wildman–Crippen LogP) is 3.90. The maximum absolute atomic E-state index is 5.29. The molecule has 0 aromatic heterocycles. The Hall–Kier alpha value is -1.84. The van der Waals surface area contributed by atoms with E-state index in [1.165, 1.54) is 0 Å². The third-order valence-electron chi connectivity index (χ3n) is 3.19. The SMILES string of the molecule is COC(C)(C)C#CC(C)(C)C#CC#CC(C)(C)C#CC(C)(C)OC. The lowest BCUT2D eigenvalue weighted by molar-refractivity contribution is 0.0736. The summed E-state index contributed by atoms with van der Waals surface area (Å²) >= 11 is 0. The maximum Gasteiger partial charge on any atom is 0.122 e. The van der Waals surface area contributed by atoms with Crippen LogP contribution in [0.4, 0.5) is 0 Å². The van der Waals surface area contributed by atoms with E-state index in [1.807, 2.05) is 55.4 Å². The lowest BCUT2D eigenvalue weighted by atomic mass is 9.93. The van der Waals surface area contributed by atoms with Gasteiger partial charge in [0.1, 0.15) is 11.2 Å². The lowest BCUT2D eigenvalue weighted by Crippen LogP contribution is -2.20. The van der Waals surface area contributed by atoms with Crippen LogP contribution in [0.3, 0.4) is 0 Å². The Morgan fingerprint density at radius 3 is 1.00 bits per heavy atom. The Labute approximate surface area is 149 Å². The van der Waals surface area contributed by atoms with Gasteiger partial charge in [0.15, 0.2) is 0 Å². The summed E-state index contributed by atoms with van der Waals surface area (Å²) in [6.07, 6.45) is 0. The number of ether oxygens (including phenoxy) is 2. The molecule has 0 amide bonds. The van der Waals surface area contributed by atoms with Crippen molar-refractivity contribution in [3.8, 4) is 47.4 Å². The van der Waals surface area contributed by atoms with Gasteiger partial charge in [0, 0.05) is 14.2 Å². The topological polar surface area (TPSA) is 18.5 Å². The summed E-state index contributed by atoms with van der Waals surface area (Å²) in [5.41, 5.74) is -1.84. The Balaban J connectivity index is 5.18. The Morgan fingerprint density at radius 1 is 0.458 bits per heavy atom. The van der Waals surface area contributed by atoms with Crippen LogP contribution >= 0.6 is 0 Å². The summed E-state index contributed by atoms with van der Waals surface area (Å²) in [5, 5.41) is 0. The number of rotatable bonds is 2. The summed E-state index contributed by atoms with van der Waals surface area (Å²) in [6, 6.07) is 0. The number of methoxy groups -OCH3 is 2. The first-order valence-electron chi connectivity index (χ1n) is 7.97. The van der Waals surface area contributed by atoms with Gasteiger partial charge in [-0.2, -0.15) is 0 Å². The zero-order valence-corrected chi connectivity index (χ0v) is 16.8. The number of hydrogen-bond acceptors (Lipinski definition) is 2. The largest absolute Gasteiger partial charge is 0.366 e. The molecule has 24 heavy (non-hydrogen) atoms. The fourth-order valence-electron chi connectivity index (χ4n) is 1.15. The van der Waals surface area contributed by atoms with Crippen molar-refractivity contribution in [2.75, 3.05) is 14.2 Å². The summed E-state index contributed by atoms with van der Waals surface area (Å²) < 4.78 is 10.6. The zero-order valence-electron chi connectivity index (χ0n) is 16.8. The zero-order chi connectivity index (χ0) is 19.1. The van der Waals surface area contributed by atoms with E-state index >= 15 is 0 Å². The first-order chi connectivity index (χ1) is 10.7. The van der Waals surface area contributed by atoms with Gasteiger partial charge in [0.25, 0.3) is 0 Å². The molecule has 130 valence electrons. The predicted molar refractivity (Wildman–Crippen MR) is 101 cm³/mol. The van der Waals surface area contributed by atoms with Crippen LogP contribution in [0.1, 0.15) is 55.4 Å². The molecule has 0 saturated carbocycles. The van der Waals surface area contributed by atoms with Gasteiger partial charge in [0.05, 0.1) is 10.8 Å². The van der Waals surface area contributed by atoms with E-state index in [-0.39, 0.29) is 0 Å². The van der Waals surface area contributed by atoms with Crippen molar-refractivity contribution in [1.29, 1.82) is 0 Å². The lowest BCUT2D eigenvalue weighted by Gasteiger charge is -2.16. The van der Waals surface area contributed by atoms with Crippen LogP contribution in [0, 0.1) is 58.2 Å². The van der Waals surface area contributed by atoms with Gasteiger partial charge in [-0.25, -0.2) is 0 Å². The van der Waals surface area contributed by atoms with E-state index in [1.54, 1.807) is 14.2 Å². The average Bonchev–Trinajstić information content (AvgIpc) is 2.48. The van der Waals surface area contributed by atoms with Crippen molar-refractivity contribution < 1.29 is 9.47 Å². The molecular formula is C22H30O2. The highest BCUT2D eigenvalue weighted by Gasteiger charge is 2.16. The molecule has 0 fully saturated rings. The van der Waals surface area contributed by atoms with Crippen LogP contribution in [0.2, 0.25) is 0 Å². The highest BCUT2D eigenvalue weighted by Crippen LogP contribution is 2.15. The molecular weight excluding hydrogens is 296 g/mol. The normalized spacial score (nSPS) is 11.6. The van der Waals surface area contributed by atoms with Gasteiger partial charge in [-0.1, -0.05) is 35.5 Å². The van der Waals surface area contributed by atoms with E-state index in [0.29, 0.717) is 0 Å². The third kappa shape index (κ3) is 10.0. The summed E-state index contributed by atoms with van der Waals surface area (Å²) in [7, 11) is 3.29. The molecule has 0 aliphatic heterocycles. The van der Waals surface area contributed by atoms with E-state index in [9.17, 15) is 0 Å². The smallest absolute Gasteiger partial charge is 0.122 e. The monoisotopic (exact) mass is 326 g/mol. The molecule has 0 rings (SSSR count). The quantitative estimate of drug-likeness (QED) is 0.717. The minimum Gasteiger partial charge on any atom is -0.366 e. The van der Waals surface area contributed by atoms with Gasteiger partial charge in [0.2, 0.25) is 0 Å². The molecule has 0 heterocycles. The molecule has 0 aromatic rings. The van der Waals surface area contributed by atoms with Gasteiger partial charge in [-0.15, -0.1) is 0 Å². The van der Waals surface area contributed by atoms with Crippen LogP contribution < -0.4 is 0 Å². The van der Waals surface area contributed by atoms with Crippen LogP contribution in [-0.4, -0.2) is 25.4 Å². The highest BCUT2D eigenvalue weighted by molar-refractivity contribution is 5.37.